The summed E-state index contributed by atoms with van der Waals surface area (Å²) in [6, 6.07) is 19.0. The molecule has 4 aromatic rings. The van der Waals surface area contributed by atoms with E-state index in [0.717, 1.165) is 48.1 Å². The molecule has 0 unspecified atom stereocenters. The number of nitriles is 1. The largest absolute Gasteiger partial charge is 0.489 e. The number of amides is 1. The molecule has 2 aromatic carbocycles. The first-order chi connectivity index (χ1) is 17.0. The fraction of sp³-hybridized carbons (Fsp3) is 0.250. The molecule has 3 heterocycles. The van der Waals surface area contributed by atoms with Crippen LogP contribution in [0, 0.1) is 11.3 Å². The van der Waals surface area contributed by atoms with Crippen molar-refractivity contribution in [1.82, 2.24) is 15.2 Å². The number of ether oxygens (including phenoxy) is 1. The number of hydrogen-bond donors (Lipinski definition) is 1. The lowest BCUT2D eigenvalue weighted by molar-refractivity contribution is 0.0827. The maximum Gasteiger partial charge on any atom is 0.253 e. The number of fused-ring (bicyclic) bond motifs is 1. The molecule has 1 amide bonds. The van der Waals surface area contributed by atoms with Crippen molar-refractivity contribution in [2.75, 3.05) is 27.2 Å². The monoisotopic (exact) mass is 466 g/mol. The summed E-state index contributed by atoms with van der Waals surface area (Å²) in [6.07, 6.45) is 3.71. The number of hydrogen-bond acceptors (Lipinski definition) is 6. The van der Waals surface area contributed by atoms with Gasteiger partial charge >= 0.3 is 0 Å². The van der Waals surface area contributed by atoms with E-state index in [1.165, 1.54) is 0 Å². The number of furan rings is 1. The first kappa shape index (κ1) is 22.6. The van der Waals surface area contributed by atoms with Crippen LogP contribution < -0.4 is 10.1 Å². The highest BCUT2D eigenvalue weighted by Gasteiger charge is 2.18. The van der Waals surface area contributed by atoms with Gasteiger partial charge in [0.2, 0.25) is 0 Å². The molecule has 0 aliphatic carbocycles. The molecule has 0 saturated carbocycles. The number of carbonyl (C=O) groups is 1. The van der Waals surface area contributed by atoms with Crippen LogP contribution >= 0.6 is 0 Å². The van der Waals surface area contributed by atoms with E-state index < -0.39 is 0 Å². The topological polar surface area (TPSA) is 91.4 Å². The molecule has 5 rings (SSSR count). The maximum atomic E-state index is 12.2. The Kier molecular flexibility index (Phi) is 6.21. The summed E-state index contributed by atoms with van der Waals surface area (Å²) in [7, 11) is 3.46. The van der Waals surface area contributed by atoms with Crippen LogP contribution in [0.1, 0.15) is 28.8 Å². The summed E-state index contributed by atoms with van der Waals surface area (Å²) in [6.45, 7) is 1.85. The van der Waals surface area contributed by atoms with Crippen LogP contribution in [0.2, 0.25) is 0 Å². The van der Waals surface area contributed by atoms with E-state index in [0.29, 0.717) is 28.2 Å². The number of nitrogens with one attached hydrogen (secondary N) is 1. The van der Waals surface area contributed by atoms with Crippen molar-refractivity contribution in [3.05, 3.63) is 71.9 Å². The Balaban J connectivity index is 1.46. The van der Waals surface area contributed by atoms with Gasteiger partial charge in [-0.25, -0.2) is 0 Å². The van der Waals surface area contributed by atoms with Gasteiger partial charge in [0.25, 0.3) is 5.91 Å². The second kappa shape index (κ2) is 9.61. The molecule has 2 aromatic heterocycles. The molecule has 1 saturated heterocycles. The predicted molar refractivity (Wildman–Crippen MR) is 134 cm³/mol. The van der Waals surface area contributed by atoms with Crippen molar-refractivity contribution < 1.29 is 13.9 Å². The molecule has 176 valence electrons. The molecule has 0 bridgehead atoms. The quantitative estimate of drug-likeness (QED) is 0.451. The summed E-state index contributed by atoms with van der Waals surface area (Å²) in [5, 5.41) is 13.1. The van der Waals surface area contributed by atoms with Gasteiger partial charge in [-0.05, 0) is 61.8 Å². The zero-order valence-electron chi connectivity index (χ0n) is 19.7. The van der Waals surface area contributed by atoms with Gasteiger partial charge < -0.3 is 19.4 Å². The summed E-state index contributed by atoms with van der Waals surface area (Å²) in [4.78, 5) is 18.2. The van der Waals surface area contributed by atoms with E-state index in [4.69, 9.17) is 9.15 Å². The van der Waals surface area contributed by atoms with E-state index in [1.54, 1.807) is 37.3 Å². The number of aromatic nitrogens is 1. The Morgan fingerprint density at radius 2 is 1.83 bits per heavy atom. The highest BCUT2D eigenvalue weighted by molar-refractivity contribution is 5.95. The Bertz CT molecular complexity index is 1410. The van der Waals surface area contributed by atoms with Crippen LogP contribution in [0.5, 0.6) is 5.75 Å². The Morgan fingerprint density at radius 1 is 1.09 bits per heavy atom. The Hall–Kier alpha value is -4.15. The minimum atomic E-state index is -0.0500. The second-order valence-corrected chi connectivity index (χ2v) is 8.85. The van der Waals surface area contributed by atoms with E-state index in [-0.39, 0.29) is 12.0 Å². The minimum Gasteiger partial charge on any atom is -0.489 e. The molecular weight excluding hydrogens is 440 g/mol. The standard InChI is InChI=1S/C28H26N4O3/c1-32(2)28(33)19-5-3-18(4-6-19)26-16-24-27(35-26)23(11-14-31-24)20-7-8-25(21(15-20)17-29)34-22-9-12-30-13-10-22/h3-8,11,14-16,22,30H,9-10,12-13H2,1-2H3. The summed E-state index contributed by atoms with van der Waals surface area (Å²) < 4.78 is 12.4. The van der Waals surface area contributed by atoms with Gasteiger partial charge in [0.1, 0.15) is 29.2 Å². The zero-order chi connectivity index (χ0) is 24.4. The van der Waals surface area contributed by atoms with Crippen LogP contribution in [0.25, 0.3) is 33.6 Å². The van der Waals surface area contributed by atoms with E-state index in [2.05, 4.69) is 16.4 Å². The van der Waals surface area contributed by atoms with Crippen LogP contribution in [-0.2, 0) is 0 Å². The fourth-order valence-electron chi connectivity index (χ4n) is 4.32. The minimum absolute atomic E-state index is 0.0500. The van der Waals surface area contributed by atoms with Crippen molar-refractivity contribution in [1.29, 1.82) is 5.26 Å². The molecule has 0 atom stereocenters. The van der Waals surface area contributed by atoms with Gasteiger partial charge in [-0.15, -0.1) is 0 Å². The normalized spacial score (nSPS) is 14.0. The number of piperidine rings is 1. The third-order valence-corrected chi connectivity index (χ3v) is 6.23. The van der Waals surface area contributed by atoms with Crippen LogP contribution in [-0.4, -0.2) is 49.1 Å². The molecule has 1 fully saturated rings. The highest BCUT2D eigenvalue weighted by atomic mass is 16.5. The van der Waals surface area contributed by atoms with Gasteiger partial charge in [0.05, 0.1) is 5.56 Å². The number of nitrogens with zero attached hydrogens (tertiary/aromatic N) is 3. The molecule has 1 aliphatic heterocycles. The van der Waals surface area contributed by atoms with Crippen molar-refractivity contribution in [3.8, 4) is 34.3 Å². The molecule has 0 spiro atoms. The molecule has 1 N–H and O–H groups in total. The number of carbonyl (C=O) groups excluding carboxylic acids is 1. The van der Waals surface area contributed by atoms with Crippen LogP contribution in [0.15, 0.2) is 65.2 Å². The smallest absolute Gasteiger partial charge is 0.253 e. The van der Waals surface area contributed by atoms with Crippen LogP contribution in [0.4, 0.5) is 0 Å². The summed E-state index contributed by atoms with van der Waals surface area (Å²) >= 11 is 0. The average Bonchev–Trinajstić information content (AvgIpc) is 3.34. The summed E-state index contributed by atoms with van der Waals surface area (Å²) in [5.41, 5.74) is 5.05. The third-order valence-electron chi connectivity index (χ3n) is 6.23. The van der Waals surface area contributed by atoms with Crippen LogP contribution in [0.3, 0.4) is 0 Å². The van der Waals surface area contributed by atoms with E-state index in [1.807, 2.05) is 42.5 Å². The molecule has 7 heteroatoms. The third kappa shape index (κ3) is 4.61. The van der Waals surface area contributed by atoms with Gasteiger partial charge in [-0.3, -0.25) is 9.78 Å². The lowest BCUT2D eigenvalue weighted by Gasteiger charge is -2.24. The van der Waals surface area contributed by atoms with Gasteiger partial charge in [0.15, 0.2) is 5.58 Å². The maximum absolute atomic E-state index is 12.2. The summed E-state index contributed by atoms with van der Waals surface area (Å²) in [5.74, 6) is 1.22. The van der Waals surface area contributed by atoms with Crippen molar-refractivity contribution in [2.24, 2.45) is 0 Å². The number of rotatable bonds is 5. The SMILES string of the molecule is CN(C)C(=O)c1ccc(-c2cc3nccc(-c4ccc(OC5CCNCC5)c(C#N)c4)c3o2)cc1. The predicted octanol–water partition coefficient (Wildman–Crippen LogP) is 4.87. The molecule has 35 heavy (non-hydrogen) atoms. The van der Waals surface area contributed by atoms with Crippen molar-refractivity contribution in [2.45, 2.75) is 18.9 Å². The molecule has 7 nitrogen and oxygen atoms in total. The van der Waals surface area contributed by atoms with Crippen molar-refractivity contribution >= 4 is 17.0 Å². The Morgan fingerprint density at radius 3 is 2.54 bits per heavy atom. The second-order valence-electron chi connectivity index (χ2n) is 8.85. The van der Waals surface area contributed by atoms with Gasteiger partial charge in [-0.2, -0.15) is 5.26 Å². The fourth-order valence-corrected chi connectivity index (χ4v) is 4.32. The Labute approximate surface area is 203 Å². The van der Waals surface area contributed by atoms with Gasteiger partial charge in [0, 0.05) is 43.0 Å². The number of benzene rings is 2. The van der Waals surface area contributed by atoms with Gasteiger partial charge in [-0.1, -0.05) is 18.2 Å². The molecule has 1 aliphatic rings. The first-order valence-electron chi connectivity index (χ1n) is 11.7. The zero-order valence-corrected chi connectivity index (χ0v) is 19.7. The lowest BCUT2D eigenvalue weighted by Crippen LogP contribution is -2.34. The van der Waals surface area contributed by atoms with E-state index in [9.17, 15) is 10.1 Å². The molecular formula is C28H26N4O3. The lowest BCUT2D eigenvalue weighted by atomic mass is 10.0. The highest BCUT2D eigenvalue weighted by Crippen LogP contribution is 2.35. The average molecular weight is 467 g/mol. The first-order valence-corrected chi connectivity index (χ1v) is 11.7. The van der Waals surface area contributed by atoms with E-state index >= 15 is 0 Å². The molecule has 0 radical (unpaired) electrons. The van der Waals surface area contributed by atoms with Crippen molar-refractivity contribution in [3.63, 3.8) is 0 Å². The number of pyridine rings is 1.